The van der Waals surface area contributed by atoms with Crippen LogP contribution < -0.4 is 5.46 Å². The maximum atomic E-state index is 6.27. The van der Waals surface area contributed by atoms with Crippen molar-refractivity contribution >= 4 is 35.5 Å². The van der Waals surface area contributed by atoms with Crippen molar-refractivity contribution in [3.8, 4) is 0 Å². The Hall–Kier alpha value is -1.84. The van der Waals surface area contributed by atoms with Gasteiger partial charge in [-0.3, -0.25) is 0 Å². The Morgan fingerprint density at radius 3 is 2.48 bits per heavy atom. The van der Waals surface area contributed by atoms with Crippen LogP contribution in [0, 0.1) is 0 Å². The number of hydrogen-bond acceptors (Lipinski definition) is 2. The molecule has 0 amide bonds. The molecule has 1 atom stereocenters. The lowest BCUT2D eigenvalue weighted by Crippen LogP contribution is -2.41. The summed E-state index contributed by atoms with van der Waals surface area (Å²) < 4.78 is 12.5. The third-order valence-electron chi connectivity index (χ3n) is 6.34. The van der Waals surface area contributed by atoms with Gasteiger partial charge in [-0.15, -0.1) is 0 Å². The average molecular weight is 330 g/mol. The van der Waals surface area contributed by atoms with Crippen LogP contribution in [0.4, 0.5) is 0 Å². The summed E-state index contributed by atoms with van der Waals surface area (Å²) in [7, 11) is -0.312. The van der Waals surface area contributed by atoms with Gasteiger partial charge in [0.1, 0.15) is 0 Å². The second-order valence-electron chi connectivity index (χ2n) is 8.47. The van der Waals surface area contributed by atoms with Gasteiger partial charge in [-0.25, -0.2) is 0 Å². The van der Waals surface area contributed by atoms with Crippen LogP contribution in [0.1, 0.15) is 56.7 Å². The first kappa shape index (κ1) is 15.4. The molecule has 1 fully saturated rings. The lowest BCUT2D eigenvalue weighted by atomic mass is 9.73. The predicted molar refractivity (Wildman–Crippen MR) is 105 cm³/mol. The molecule has 0 N–H and O–H groups in total. The van der Waals surface area contributed by atoms with E-state index in [-0.39, 0.29) is 18.3 Å². The quantitative estimate of drug-likeness (QED) is 0.708. The molecule has 3 aliphatic rings. The summed E-state index contributed by atoms with van der Waals surface area (Å²) in [6.45, 7) is 8.41. The Morgan fingerprint density at radius 1 is 0.960 bits per heavy atom. The van der Waals surface area contributed by atoms with Crippen molar-refractivity contribution < 1.29 is 9.31 Å². The molecule has 0 saturated carbocycles. The van der Waals surface area contributed by atoms with Gasteiger partial charge in [-0.2, -0.15) is 0 Å². The summed E-state index contributed by atoms with van der Waals surface area (Å²) in [4.78, 5) is 0. The second-order valence-corrected chi connectivity index (χ2v) is 8.47. The highest BCUT2D eigenvalue weighted by Gasteiger charge is 2.51. The Kier molecular flexibility index (Phi) is 3.00. The van der Waals surface area contributed by atoms with Gasteiger partial charge in [-0.1, -0.05) is 48.6 Å². The van der Waals surface area contributed by atoms with Crippen molar-refractivity contribution in [1.82, 2.24) is 0 Å². The molecule has 1 saturated heterocycles. The topological polar surface area (TPSA) is 18.5 Å². The fourth-order valence-corrected chi connectivity index (χ4v) is 4.21. The number of hydrogen-bond donors (Lipinski definition) is 0. The van der Waals surface area contributed by atoms with Crippen molar-refractivity contribution in [1.29, 1.82) is 0 Å². The second kappa shape index (κ2) is 4.87. The lowest BCUT2D eigenvalue weighted by Gasteiger charge is -2.32. The van der Waals surface area contributed by atoms with Crippen LogP contribution in [0.5, 0.6) is 0 Å². The third-order valence-corrected chi connectivity index (χ3v) is 6.34. The van der Waals surface area contributed by atoms with Crippen LogP contribution in [0.25, 0.3) is 22.9 Å². The van der Waals surface area contributed by atoms with Crippen molar-refractivity contribution in [2.45, 2.75) is 51.2 Å². The average Bonchev–Trinajstić information content (AvgIpc) is 2.80. The molecule has 126 valence electrons. The fourth-order valence-electron chi connectivity index (χ4n) is 4.21. The van der Waals surface area contributed by atoms with Gasteiger partial charge in [0.25, 0.3) is 0 Å². The van der Waals surface area contributed by atoms with Gasteiger partial charge < -0.3 is 9.31 Å². The Morgan fingerprint density at radius 2 is 1.72 bits per heavy atom. The standard InChI is InChI=1S/C22H23BO2/c1-21(2)22(3,4)25-23(24-21)18-12-16-10-8-14-6-5-7-15-9-11-17(13-18)20(16)19(14)15/h5-6,8-13,15H,7H2,1-4H3. The molecular formula is C22H23BO2. The van der Waals surface area contributed by atoms with E-state index in [4.69, 9.17) is 9.31 Å². The largest absolute Gasteiger partial charge is 0.494 e. The van der Waals surface area contributed by atoms with Crippen LogP contribution >= 0.6 is 0 Å². The Labute approximate surface area is 149 Å². The molecule has 1 unspecified atom stereocenters. The van der Waals surface area contributed by atoms with E-state index in [1.54, 1.807) is 0 Å². The molecule has 0 spiro atoms. The zero-order valence-electron chi connectivity index (χ0n) is 15.3. The SMILES string of the molecule is CC1(C)OB(c2cc3c4c5c(ccc4c2)C=CCC5C=C3)OC1(C)C. The molecule has 25 heavy (non-hydrogen) atoms. The highest BCUT2D eigenvalue weighted by atomic mass is 16.7. The summed E-state index contributed by atoms with van der Waals surface area (Å²) in [5, 5.41) is 2.68. The maximum absolute atomic E-state index is 6.27. The Bertz CT molecular complexity index is 936. The van der Waals surface area contributed by atoms with Gasteiger partial charge in [0.05, 0.1) is 11.2 Å². The molecule has 2 aliphatic carbocycles. The predicted octanol–water partition coefficient (Wildman–Crippen LogP) is 4.67. The summed E-state index contributed by atoms with van der Waals surface area (Å²) in [5.74, 6) is 0.513. The van der Waals surface area contributed by atoms with Gasteiger partial charge >= 0.3 is 7.12 Å². The van der Waals surface area contributed by atoms with Crippen LogP contribution in [-0.4, -0.2) is 18.3 Å². The van der Waals surface area contributed by atoms with Gasteiger partial charge in [0.15, 0.2) is 0 Å². The van der Waals surface area contributed by atoms with Crippen LogP contribution in [0.2, 0.25) is 0 Å². The number of allylic oxidation sites excluding steroid dienone is 2. The molecule has 2 nitrogen and oxygen atoms in total. The smallest absolute Gasteiger partial charge is 0.399 e. The van der Waals surface area contributed by atoms with E-state index in [0.717, 1.165) is 11.9 Å². The molecule has 2 aromatic carbocycles. The van der Waals surface area contributed by atoms with Crippen LogP contribution in [0.15, 0.2) is 36.4 Å². The van der Waals surface area contributed by atoms with Crippen molar-refractivity contribution in [3.63, 3.8) is 0 Å². The van der Waals surface area contributed by atoms with Crippen molar-refractivity contribution in [3.05, 3.63) is 53.1 Å². The third kappa shape index (κ3) is 2.12. The molecule has 1 heterocycles. The van der Waals surface area contributed by atoms with Crippen molar-refractivity contribution in [2.24, 2.45) is 0 Å². The first-order chi connectivity index (χ1) is 11.9. The van der Waals surface area contributed by atoms with E-state index in [9.17, 15) is 0 Å². The molecule has 5 rings (SSSR count). The van der Waals surface area contributed by atoms with E-state index >= 15 is 0 Å². The van der Waals surface area contributed by atoms with Crippen LogP contribution in [-0.2, 0) is 9.31 Å². The summed E-state index contributed by atoms with van der Waals surface area (Å²) in [6.07, 6.45) is 10.3. The molecule has 1 aliphatic heterocycles. The lowest BCUT2D eigenvalue weighted by molar-refractivity contribution is 0.00578. The zero-order chi connectivity index (χ0) is 17.4. The van der Waals surface area contributed by atoms with Crippen LogP contribution in [0.3, 0.4) is 0 Å². The van der Waals surface area contributed by atoms with E-state index in [1.165, 1.54) is 27.5 Å². The zero-order valence-corrected chi connectivity index (χ0v) is 15.3. The maximum Gasteiger partial charge on any atom is 0.494 e. The monoisotopic (exact) mass is 330 g/mol. The van der Waals surface area contributed by atoms with E-state index < -0.39 is 0 Å². The first-order valence-electron chi connectivity index (χ1n) is 9.17. The number of rotatable bonds is 1. The molecule has 0 aromatic heterocycles. The molecule has 0 radical (unpaired) electrons. The minimum atomic E-state index is -0.314. The van der Waals surface area contributed by atoms with E-state index in [1.807, 2.05) is 0 Å². The van der Waals surface area contributed by atoms with E-state index in [0.29, 0.717) is 5.92 Å². The van der Waals surface area contributed by atoms with E-state index in [2.05, 4.69) is 76.3 Å². The summed E-state index contributed by atoms with van der Waals surface area (Å²) >= 11 is 0. The minimum Gasteiger partial charge on any atom is -0.399 e. The van der Waals surface area contributed by atoms with Gasteiger partial charge in [0.2, 0.25) is 0 Å². The highest BCUT2D eigenvalue weighted by molar-refractivity contribution is 6.62. The normalized spacial score (nSPS) is 25.0. The summed E-state index contributed by atoms with van der Waals surface area (Å²) in [6, 6.07) is 8.97. The van der Waals surface area contributed by atoms with Gasteiger partial charge in [0, 0.05) is 5.92 Å². The Balaban J connectivity index is 1.67. The highest BCUT2D eigenvalue weighted by Crippen LogP contribution is 2.42. The molecular weight excluding hydrogens is 307 g/mol. The van der Waals surface area contributed by atoms with Gasteiger partial charge in [-0.05, 0) is 67.0 Å². The molecule has 0 bridgehead atoms. The minimum absolute atomic E-state index is 0.312. The number of benzene rings is 2. The molecule has 2 aromatic rings. The molecule has 3 heteroatoms. The van der Waals surface area contributed by atoms with Crippen molar-refractivity contribution in [2.75, 3.05) is 0 Å². The summed E-state index contributed by atoms with van der Waals surface area (Å²) in [5.41, 5.74) is 4.61. The first-order valence-corrected chi connectivity index (χ1v) is 9.17. The fraction of sp³-hybridized carbons (Fsp3) is 0.364.